The molecule has 0 radical (unpaired) electrons. The number of hydrogen-bond donors (Lipinski definition) is 0. The van der Waals surface area contributed by atoms with Crippen molar-refractivity contribution in [3.05, 3.63) is 35.6 Å². The fourth-order valence-electron chi connectivity index (χ4n) is 1.51. The number of halogens is 1. The molecule has 1 heterocycles. The van der Waals surface area contributed by atoms with E-state index in [9.17, 15) is 0 Å². The van der Waals surface area contributed by atoms with E-state index < -0.39 is 0 Å². The van der Waals surface area contributed by atoms with Gasteiger partial charge in [0, 0.05) is 16.8 Å². The zero-order valence-corrected chi connectivity index (χ0v) is 12.5. The van der Waals surface area contributed by atoms with Crippen LogP contribution in [-0.4, -0.2) is 27.1 Å². The minimum absolute atomic E-state index is 0.370. The van der Waals surface area contributed by atoms with E-state index in [-0.39, 0.29) is 0 Å². The molecule has 19 heavy (non-hydrogen) atoms. The van der Waals surface area contributed by atoms with Crippen LogP contribution in [0.25, 0.3) is 0 Å². The first kappa shape index (κ1) is 14.2. The molecule has 0 aliphatic carbocycles. The SMILES string of the molecule is CC(C)n1cnnc1SCCOc1ccc(Cl)cc1. The molecule has 0 aliphatic rings. The van der Waals surface area contributed by atoms with Crippen LogP contribution in [0.2, 0.25) is 5.02 Å². The van der Waals surface area contributed by atoms with Crippen LogP contribution in [0.1, 0.15) is 19.9 Å². The Morgan fingerprint density at radius 3 is 2.74 bits per heavy atom. The van der Waals surface area contributed by atoms with Crippen molar-refractivity contribution in [2.45, 2.75) is 25.0 Å². The second-order valence-corrected chi connectivity index (χ2v) is 5.76. The molecule has 0 atom stereocenters. The average Bonchev–Trinajstić information content (AvgIpc) is 2.85. The third-order valence-corrected chi connectivity index (χ3v) is 3.67. The van der Waals surface area contributed by atoms with Gasteiger partial charge in [-0.15, -0.1) is 10.2 Å². The van der Waals surface area contributed by atoms with Gasteiger partial charge < -0.3 is 9.30 Å². The molecule has 0 aliphatic heterocycles. The van der Waals surface area contributed by atoms with Crippen LogP contribution >= 0.6 is 23.4 Å². The molecule has 0 saturated heterocycles. The fraction of sp³-hybridized carbons (Fsp3) is 0.385. The number of rotatable bonds is 6. The summed E-state index contributed by atoms with van der Waals surface area (Å²) in [5, 5.41) is 9.66. The average molecular weight is 298 g/mol. The van der Waals surface area contributed by atoms with Crippen LogP contribution in [-0.2, 0) is 0 Å². The van der Waals surface area contributed by atoms with Gasteiger partial charge in [0.1, 0.15) is 12.1 Å². The molecule has 4 nitrogen and oxygen atoms in total. The highest BCUT2D eigenvalue weighted by Gasteiger charge is 2.07. The van der Waals surface area contributed by atoms with Crippen molar-refractivity contribution in [1.29, 1.82) is 0 Å². The lowest BCUT2D eigenvalue weighted by atomic mass is 10.3. The fourth-order valence-corrected chi connectivity index (χ4v) is 2.50. The van der Waals surface area contributed by atoms with Crippen molar-refractivity contribution >= 4 is 23.4 Å². The van der Waals surface area contributed by atoms with Gasteiger partial charge in [0.05, 0.1) is 6.61 Å². The summed E-state index contributed by atoms with van der Waals surface area (Å²) in [6, 6.07) is 7.74. The third kappa shape index (κ3) is 4.14. The van der Waals surface area contributed by atoms with Crippen LogP contribution in [0.15, 0.2) is 35.7 Å². The lowest BCUT2D eigenvalue weighted by Gasteiger charge is -2.09. The van der Waals surface area contributed by atoms with E-state index in [0.29, 0.717) is 17.7 Å². The third-order valence-electron chi connectivity index (χ3n) is 2.49. The molecule has 0 N–H and O–H groups in total. The van der Waals surface area contributed by atoms with Gasteiger partial charge in [0.2, 0.25) is 0 Å². The van der Waals surface area contributed by atoms with E-state index in [0.717, 1.165) is 16.7 Å². The van der Waals surface area contributed by atoms with E-state index in [1.54, 1.807) is 18.1 Å². The van der Waals surface area contributed by atoms with Crippen molar-refractivity contribution in [2.24, 2.45) is 0 Å². The van der Waals surface area contributed by atoms with E-state index in [2.05, 4.69) is 24.0 Å². The summed E-state index contributed by atoms with van der Waals surface area (Å²) in [4.78, 5) is 0. The number of hydrogen-bond acceptors (Lipinski definition) is 4. The van der Waals surface area contributed by atoms with Gasteiger partial charge in [-0.05, 0) is 38.1 Å². The van der Waals surface area contributed by atoms with Gasteiger partial charge >= 0.3 is 0 Å². The summed E-state index contributed by atoms with van der Waals surface area (Å²) in [7, 11) is 0. The lowest BCUT2D eigenvalue weighted by molar-refractivity contribution is 0.343. The van der Waals surface area contributed by atoms with Crippen LogP contribution < -0.4 is 4.74 Å². The molecule has 1 aromatic heterocycles. The predicted molar refractivity (Wildman–Crippen MR) is 78.1 cm³/mol. The standard InChI is InChI=1S/C13H16ClN3OS/c1-10(2)17-9-15-16-13(17)19-8-7-18-12-5-3-11(14)4-6-12/h3-6,9-10H,7-8H2,1-2H3. The summed E-state index contributed by atoms with van der Waals surface area (Å²) < 4.78 is 7.67. The molecule has 2 aromatic rings. The van der Waals surface area contributed by atoms with Crippen molar-refractivity contribution < 1.29 is 4.74 Å². The second kappa shape index (κ2) is 6.82. The first-order valence-electron chi connectivity index (χ1n) is 6.07. The Bertz CT molecular complexity index is 513. The van der Waals surface area contributed by atoms with E-state index in [1.165, 1.54) is 0 Å². The number of thioether (sulfide) groups is 1. The van der Waals surface area contributed by atoms with Gasteiger partial charge in [-0.25, -0.2) is 0 Å². The Labute approximate surface area is 122 Å². The van der Waals surface area contributed by atoms with E-state index >= 15 is 0 Å². The highest BCUT2D eigenvalue weighted by molar-refractivity contribution is 7.99. The highest BCUT2D eigenvalue weighted by atomic mass is 35.5. The highest BCUT2D eigenvalue weighted by Crippen LogP contribution is 2.19. The minimum atomic E-state index is 0.370. The number of aromatic nitrogens is 3. The molecule has 0 amide bonds. The molecular formula is C13H16ClN3OS. The molecule has 0 saturated carbocycles. The van der Waals surface area contributed by atoms with Crippen molar-refractivity contribution in [3.63, 3.8) is 0 Å². The normalized spacial score (nSPS) is 10.9. The molecule has 0 unspecified atom stereocenters. The zero-order chi connectivity index (χ0) is 13.7. The maximum atomic E-state index is 5.81. The molecule has 0 spiro atoms. The molecule has 102 valence electrons. The molecular weight excluding hydrogens is 282 g/mol. The lowest BCUT2D eigenvalue weighted by Crippen LogP contribution is -2.04. The summed E-state index contributed by atoms with van der Waals surface area (Å²) >= 11 is 7.45. The summed E-state index contributed by atoms with van der Waals surface area (Å²) in [5.74, 6) is 1.66. The Kier molecular flexibility index (Phi) is 5.10. The largest absolute Gasteiger partial charge is 0.493 e. The van der Waals surface area contributed by atoms with E-state index in [1.807, 2.05) is 28.8 Å². The molecule has 2 rings (SSSR count). The monoisotopic (exact) mass is 297 g/mol. The van der Waals surface area contributed by atoms with Crippen molar-refractivity contribution in [2.75, 3.05) is 12.4 Å². The number of benzene rings is 1. The number of ether oxygens (including phenoxy) is 1. The Morgan fingerprint density at radius 1 is 1.32 bits per heavy atom. The van der Waals surface area contributed by atoms with Crippen molar-refractivity contribution in [3.8, 4) is 5.75 Å². The Hall–Kier alpha value is -1.20. The van der Waals surface area contributed by atoms with Gasteiger partial charge in [-0.2, -0.15) is 0 Å². The Balaban J connectivity index is 1.77. The summed E-state index contributed by atoms with van der Waals surface area (Å²) in [6.45, 7) is 4.84. The minimum Gasteiger partial charge on any atom is -0.493 e. The smallest absolute Gasteiger partial charge is 0.191 e. The number of nitrogens with zero attached hydrogens (tertiary/aromatic N) is 3. The molecule has 6 heteroatoms. The predicted octanol–water partition coefficient (Wildman–Crippen LogP) is 3.68. The van der Waals surface area contributed by atoms with Crippen LogP contribution in [0.3, 0.4) is 0 Å². The van der Waals surface area contributed by atoms with Crippen LogP contribution in [0.5, 0.6) is 5.75 Å². The first-order chi connectivity index (χ1) is 9.16. The topological polar surface area (TPSA) is 39.9 Å². The van der Waals surface area contributed by atoms with Gasteiger partial charge in [-0.3, -0.25) is 0 Å². The maximum Gasteiger partial charge on any atom is 0.191 e. The summed E-state index contributed by atoms with van der Waals surface area (Å²) in [6.07, 6.45) is 1.76. The quantitative estimate of drug-likeness (QED) is 0.602. The van der Waals surface area contributed by atoms with E-state index in [4.69, 9.17) is 16.3 Å². The summed E-state index contributed by atoms with van der Waals surface area (Å²) in [5.41, 5.74) is 0. The van der Waals surface area contributed by atoms with Gasteiger partial charge in [0.25, 0.3) is 0 Å². The Morgan fingerprint density at radius 2 is 2.05 bits per heavy atom. The first-order valence-corrected chi connectivity index (χ1v) is 7.44. The molecule has 0 bridgehead atoms. The zero-order valence-electron chi connectivity index (χ0n) is 10.9. The van der Waals surface area contributed by atoms with Gasteiger partial charge in [0.15, 0.2) is 5.16 Å². The molecule has 0 fully saturated rings. The second-order valence-electron chi connectivity index (χ2n) is 4.27. The van der Waals surface area contributed by atoms with Crippen molar-refractivity contribution in [1.82, 2.24) is 14.8 Å². The molecule has 1 aromatic carbocycles. The van der Waals surface area contributed by atoms with Crippen LogP contribution in [0, 0.1) is 0 Å². The maximum absolute atomic E-state index is 5.81. The van der Waals surface area contributed by atoms with Gasteiger partial charge in [-0.1, -0.05) is 23.4 Å². The van der Waals surface area contributed by atoms with Crippen LogP contribution in [0.4, 0.5) is 0 Å².